The first-order chi connectivity index (χ1) is 8.43. The van der Waals surface area contributed by atoms with E-state index in [1.165, 1.54) is 10.7 Å². The number of hydrogen-bond acceptors (Lipinski definition) is 3. The molecule has 0 aliphatic heterocycles. The van der Waals surface area contributed by atoms with Gasteiger partial charge in [-0.2, -0.15) is 9.40 Å². The van der Waals surface area contributed by atoms with Crippen LogP contribution in [0, 0.1) is 6.92 Å². The van der Waals surface area contributed by atoms with Gasteiger partial charge < -0.3 is 0 Å². The first-order valence-electron chi connectivity index (χ1n) is 6.41. The van der Waals surface area contributed by atoms with Crippen molar-refractivity contribution in [1.29, 1.82) is 0 Å². The zero-order valence-corrected chi connectivity index (χ0v) is 12.1. The number of rotatable bonds is 3. The Bertz CT molecular complexity index is 515. The van der Waals surface area contributed by atoms with Crippen LogP contribution in [-0.2, 0) is 17.1 Å². The summed E-state index contributed by atoms with van der Waals surface area (Å²) in [6, 6.07) is 0.142. The standard InChI is InChI=1S/C12H21N3O2S/c1-10-12(9-14(2)13-10)18(16,17)15(3)11-7-5-4-6-8-11/h9,11H,4-8H2,1-3H3. The largest absolute Gasteiger partial charge is 0.274 e. The molecule has 102 valence electrons. The second-order valence-corrected chi connectivity index (χ2v) is 7.03. The average molecular weight is 271 g/mol. The quantitative estimate of drug-likeness (QED) is 0.840. The fourth-order valence-corrected chi connectivity index (χ4v) is 4.24. The Morgan fingerprint density at radius 2 is 1.94 bits per heavy atom. The summed E-state index contributed by atoms with van der Waals surface area (Å²) >= 11 is 0. The third-order valence-corrected chi connectivity index (χ3v) is 5.73. The van der Waals surface area contributed by atoms with Crippen molar-refractivity contribution in [2.45, 2.75) is 50.0 Å². The summed E-state index contributed by atoms with van der Waals surface area (Å²) in [6.45, 7) is 1.74. The summed E-state index contributed by atoms with van der Waals surface area (Å²) in [5, 5.41) is 4.12. The molecule has 0 bridgehead atoms. The minimum atomic E-state index is -3.40. The van der Waals surface area contributed by atoms with Gasteiger partial charge in [0.05, 0.1) is 5.69 Å². The molecule has 0 amide bonds. The smallest absolute Gasteiger partial charge is 0.246 e. The van der Waals surface area contributed by atoms with Crippen LogP contribution >= 0.6 is 0 Å². The van der Waals surface area contributed by atoms with E-state index in [0.29, 0.717) is 10.6 Å². The Kier molecular flexibility index (Phi) is 3.77. The summed E-state index contributed by atoms with van der Waals surface area (Å²) in [5.41, 5.74) is 0.570. The second kappa shape index (κ2) is 5.01. The van der Waals surface area contributed by atoms with E-state index in [1.807, 2.05) is 0 Å². The van der Waals surface area contributed by atoms with Gasteiger partial charge in [0.15, 0.2) is 0 Å². The van der Waals surface area contributed by atoms with Gasteiger partial charge in [0.1, 0.15) is 4.90 Å². The first-order valence-corrected chi connectivity index (χ1v) is 7.85. The predicted octanol–water partition coefficient (Wildman–Crippen LogP) is 1.68. The van der Waals surface area contributed by atoms with Gasteiger partial charge in [-0.05, 0) is 19.8 Å². The van der Waals surface area contributed by atoms with Crippen molar-refractivity contribution in [2.75, 3.05) is 7.05 Å². The summed E-state index contributed by atoms with van der Waals surface area (Å²) in [6.07, 6.45) is 6.98. The summed E-state index contributed by atoms with van der Waals surface area (Å²) < 4.78 is 28.2. The number of nitrogens with zero attached hydrogens (tertiary/aromatic N) is 3. The first kappa shape index (κ1) is 13.5. The lowest BCUT2D eigenvalue weighted by Gasteiger charge is -2.30. The molecule has 1 aromatic heterocycles. The predicted molar refractivity (Wildman–Crippen MR) is 69.8 cm³/mol. The highest BCUT2D eigenvalue weighted by atomic mass is 32.2. The molecular formula is C12H21N3O2S. The molecule has 0 atom stereocenters. The van der Waals surface area contributed by atoms with E-state index in [0.717, 1.165) is 25.7 Å². The molecule has 1 saturated carbocycles. The van der Waals surface area contributed by atoms with Crippen molar-refractivity contribution in [3.8, 4) is 0 Å². The Morgan fingerprint density at radius 3 is 2.44 bits per heavy atom. The van der Waals surface area contributed by atoms with E-state index in [1.54, 1.807) is 31.9 Å². The van der Waals surface area contributed by atoms with Gasteiger partial charge in [-0.15, -0.1) is 0 Å². The molecular weight excluding hydrogens is 250 g/mol. The van der Waals surface area contributed by atoms with E-state index in [4.69, 9.17) is 0 Å². The highest BCUT2D eigenvalue weighted by Crippen LogP contribution is 2.27. The molecule has 0 spiro atoms. The van der Waals surface area contributed by atoms with Gasteiger partial charge in [-0.25, -0.2) is 8.42 Å². The normalized spacial score (nSPS) is 18.4. The van der Waals surface area contributed by atoms with E-state index in [-0.39, 0.29) is 6.04 Å². The Labute approximate surface area is 109 Å². The van der Waals surface area contributed by atoms with E-state index in [9.17, 15) is 8.42 Å². The van der Waals surface area contributed by atoms with Crippen LogP contribution in [0.4, 0.5) is 0 Å². The lowest BCUT2D eigenvalue weighted by Crippen LogP contribution is -2.38. The molecule has 18 heavy (non-hydrogen) atoms. The van der Waals surface area contributed by atoms with Crippen LogP contribution in [0.25, 0.3) is 0 Å². The van der Waals surface area contributed by atoms with Crippen LogP contribution < -0.4 is 0 Å². The highest BCUT2D eigenvalue weighted by Gasteiger charge is 2.31. The summed E-state index contributed by atoms with van der Waals surface area (Å²) in [7, 11) is 0.0365. The topological polar surface area (TPSA) is 55.2 Å². The zero-order chi connectivity index (χ0) is 13.3. The van der Waals surface area contributed by atoms with E-state index >= 15 is 0 Å². The van der Waals surface area contributed by atoms with Crippen LogP contribution in [0.1, 0.15) is 37.8 Å². The average Bonchev–Trinajstić information content (AvgIpc) is 2.69. The maximum absolute atomic E-state index is 12.5. The third-order valence-electron chi connectivity index (χ3n) is 3.71. The number of aromatic nitrogens is 2. The Morgan fingerprint density at radius 1 is 1.33 bits per heavy atom. The van der Waals surface area contributed by atoms with E-state index in [2.05, 4.69) is 5.10 Å². The lowest BCUT2D eigenvalue weighted by molar-refractivity contribution is 0.285. The van der Waals surface area contributed by atoms with Crippen molar-refractivity contribution in [3.63, 3.8) is 0 Å². The van der Waals surface area contributed by atoms with Crippen molar-refractivity contribution >= 4 is 10.0 Å². The summed E-state index contributed by atoms with van der Waals surface area (Å²) in [5.74, 6) is 0. The fraction of sp³-hybridized carbons (Fsp3) is 0.750. The molecule has 0 N–H and O–H groups in total. The molecule has 1 aromatic rings. The van der Waals surface area contributed by atoms with Crippen molar-refractivity contribution in [2.24, 2.45) is 7.05 Å². The molecule has 5 nitrogen and oxygen atoms in total. The van der Waals surface area contributed by atoms with Crippen LogP contribution in [-0.4, -0.2) is 35.6 Å². The van der Waals surface area contributed by atoms with Gasteiger partial charge in [0, 0.05) is 26.3 Å². The lowest BCUT2D eigenvalue weighted by atomic mass is 9.96. The SMILES string of the molecule is Cc1nn(C)cc1S(=O)(=O)N(C)C1CCCCC1. The molecule has 1 aliphatic carbocycles. The van der Waals surface area contributed by atoms with Gasteiger partial charge in [-0.1, -0.05) is 19.3 Å². The van der Waals surface area contributed by atoms with Gasteiger partial charge >= 0.3 is 0 Å². The maximum atomic E-state index is 12.5. The fourth-order valence-electron chi connectivity index (χ4n) is 2.63. The molecule has 2 rings (SSSR count). The molecule has 0 unspecified atom stereocenters. The molecule has 6 heteroatoms. The van der Waals surface area contributed by atoms with Crippen molar-refractivity contribution < 1.29 is 8.42 Å². The molecule has 1 fully saturated rings. The van der Waals surface area contributed by atoms with Gasteiger partial charge in [0.2, 0.25) is 10.0 Å². The van der Waals surface area contributed by atoms with Crippen LogP contribution in [0.2, 0.25) is 0 Å². The van der Waals surface area contributed by atoms with E-state index < -0.39 is 10.0 Å². The number of sulfonamides is 1. The minimum absolute atomic E-state index is 0.142. The third kappa shape index (κ3) is 2.44. The zero-order valence-electron chi connectivity index (χ0n) is 11.3. The molecule has 1 aliphatic rings. The second-order valence-electron chi connectivity index (χ2n) is 5.07. The molecule has 0 aromatic carbocycles. The highest BCUT2D eigenvalue weighted by molar-refractivity contribution is 7.89. The Hall–Kier alpha value is -0.880. The van der Waals surface area contributed by atoms with Crippen LogP contribution in [0.3, 0.4) is 0 Å². The van der Waals surface area contributed by atoms with Crippen molar-refractivity contribution in [1.82, 2.24) is 14.1 Å². The molecule has 1 heterocycles. The Balaban J connectivity index is 2.27. The van der Waals surface area contributed by atoms with Crippen LogP contribution in [0.15, 0.2) is 11.1 Å². The monoisotopic (exact) mass is 271 g/mol. The number of hydrogen-bond donors (Lipinski definition) is 0. The van der Waals surface area contributed by atoms with Crippen LogP contribution in [0.5, 0.6) is 0 Å². The van der Waals surface area contributed by atoms with Crippen molar-refractivity contribution in [3.05, 3.63) is 11.9 Å². The van der Waals surface area contributed by atoms with Gasteiger partial charge in [-0.3, -0.25) is 4.68 Å². The molecule has 0 radical (unpaired) electrons. The summed E-state index contributed by atoms with van der Waals surface area (Å²) in [4.78, 5) is 0.332. The van der Waals surface area contributed by atoms with Gasteiger partial charge in [0.25, 0.3) is 0 Å². The maximum Gasteiger partial charge on any atom is 0.246 e. The molecule has 0 saturated heterocycles. The minimum Gasteiger partial charge on any atom is -0.274 e. The number of aryl methyl sites for hydroxylation is 2.